The SMILES string of the molecule is CC(C)COC(=O)CC(O)CNCC(N)=O.O=C(O)C=CC(=O)O. The second kappa shape index (κ2) is 14.2. The van der Waals surface area contributed by atoms with Gasteiger partial charge in [-0.1, -0.05) is 13.8 Å². The maximum Gasteiger partial charge on any atom is 0.328 e. The Labute approximate surface area is 139 Å². The number of primary amides is 1. The van der Waals surface area contributed by atoms with Gasteiger partial charge in [-0.15, -0.1) is 0 Å². The van der Waals surface area contributed by atoms with Gasteiger partial charge in [0.1, 0.15) is 0 Å². The lowest BCUT2D eigenvalue weighted by atomic mass is 10.2. The maximum atomic E-state index is 11.2. The molecule has 24 heavy (non-hydrogen) atoms. The normalized spacial score (nSPS) is 11.5. The summed E-state index contributed by atoms with van der Waals surface area (Å²) in [5.74, 6) is -3.19. The number of carboxylic acid groups (broad SMARTS) is 2. The molecule has 0 aromatic rings. The molecule has 1 unspecified atom stereocenters. The number of nitrogens with one attached hydrogen (secondary N) is 1. The second-order valence-electron chi connectivity index (χ2n) is 5.04. The third-order valence-electron chi connectivity index (χ3n) is 2.03. The lowest BCUT2D eigenvalue weighted by Crippen LogP contribution is -2.35. The van der Waals surface area contributed by atoms with Crippen molar-refractivity contribution < 1.29 is 39.2 Å². The molecule has 0 rings (SSSR count). The van der Waals surface area contributed by atoms with Crippen molar-refractivity contribution in [2.24, 2.45) is 11.7 Å². The number of hydrogen-bond acceptors (Lipinski definition) is 7. The number of carboxylic acids is 2. The highest BCUT2D eigenvalue weighted by atomic mass is 16.5. The number of carbonyl (C=O) groups is 4. The van der Waals surface area contributed by atoms with E-state index < -0.39 is 29.9 Å². The lowest BCUT2D eigenvalue weighted by molar-refractivity contribution is -0.146. The van der Waals surface area contributed by atoms with Gasteiger partial charge in [-0.2, -0.15) is 0 Å². The monoisotopic (exact) mass is 348 g/mol. The minimum atomic E-state index is -1.26. The zero-order valence-corrected chi connectivity index (χ0v) is 13.6. The number of nitrogens with two attached hydrogens (primary N) is 1. The van der Waals surface area contributed by atoms with Crippen LogP contribution >= 0.6 is 0 Å². The van der Waals surface area contributed by atoms with Crippen molar-refractivity contribution in [3.63, 3.8) is 0 Å². The van der Waals surface area contributed by atoms with Crippen molar-refractivity contribution in [2.45, 2.75) is 26.4 Å². The van der Waals surface area contributed by atoms with Crippen molar-refractivity contribution in [3.8, 4) is 0 Å². The molecular weight excluding hydrogens is 324 g/mol. The summed E-state index contributed by atoms with van der Waals surface area (Å²) < 4.78 is 4.88. The summed E-state index contributed by atoms with van der Waals surface area (Å²) in [7, 11) is 0. The summed E-state index contributed by atoms with van der Waals surface area (Å²) >= 11 is 0. The van der Waals surface area contributed by atoms with Crippen LogP contribution in [0.3, 0.4) is 0 Å². The molecule has 0 heterocycles. The molecule has 6 N–H and O–H groups in total. The molecular formula is C14H24N2O8. The molecule has 0 saturated carbocycles. The Kier molecular flexibility index (Phi) is 14.0. The van der Waals surface area contributed by atoms with Crippen molar-refractivity contribution in [3.05, 3.63) is 12.2 Å². The van der Waals surface area contributed by atoms with E-state index in [2.05, 4.69) is 5.32 Å². The number of rotatable bonds is 10. The van der Waals surface area contributed by atoms with Crippen LogP contribution < -0.4 is 11.1 Å². The highest BCUT2D eigenvalue weighted by molar-refractivity contribution is 5.89. The molecule has 0 fully saturated rings. The first kappa shape index (κ1) is 23.8. The molecule has 0 aliphatic heterocycles. The Morgan fingerprint density at radius 2 is 1.62 bits per heavy atom. The molecule has 0 saturated heterocycles. The van der Waals surface area contributed by atoms with Crippen molar-refractivity contribution in [2.75, 3.05) is 19.7 Å². The van der Waals surface area contributed by atoms with Crippen LogP contribution in [0.1, 0.15) is 20.3 Å². The average molecular weight is 348 g/mol. The number of aliphatic carboxylic acids is 2. The molecule has 0 aromatic carbocycles. The minimum absolute atomic E-state index is 0.0158. The van der Waals surface area contributed by atoms with Gasteiger partial charge in [0.2, 0.25) is 5.91 Å². The first-order valence-electron chi connectivity index (χ1n) is 7.01. The number of esters is 1. The molecule has 0 spiro atoms. The van der Waals surface area contributed by atoms with Gasteiger partial charge in [-0.3, -0.25) is 9.59 Å². The van der Waals surface area contributed by atoms with Crippen molar-refractivity contribution in [1.82, 2.24) is 5.32 Å². The summed E-state index contributed by atoms with van der Waals surface area (Å²) in [6.45, 7) is 4.33. The van der Waals surface area contributed by atoms with Crippen LogP contribution in [0.2, 0.25) is 0 Å². The number of aliphatic hydroxyl groups is 1. The minimum Gasteiger partial charge on any atom is -0.478 e. The molecule has 0 aromatic heterocycles. The van der Waals surface area contributed by atoms with Crippen LogP contribution in [0.15, 0.2) is 12.2 Å². The largest absolute Gasteiger partial charge is 0.478 e. The van der Waals surface area contributed by atoms with Gasteiger partial charge in [-0.25, -0.2) is 9.59 Å². The van der Waals surface area contributed by atoms with E-state index in [1.165, 1.54) is 0 Å². The van der Waals surface area contributed by atoms with Crippen LogP contribution in [0, 0.1) is 5.92 Å². The summed E-state index contributed by atoms with van der Waals surface area (Å²) in [5.41, 5.74) is 4.89. The van der Waals surface area contributed by atoms with Gasteiger partial charge in [-0.05, 0) is 5.92 Å². The molecule has 1 atom stereocenters. The Bertz CT molecular complexity index is 432. The van der Waals surface area contributed by atoms with E-state index in [4.69, 9.17) is 20.7 Å². The standard InChI is InChI=1S/C10H20N2O4.C4H4O4/c1-7(2)6-16-10(15)3-8(13)4-12-5-9(11)14;5-3(6)1-2-4(7)8/h7-8,12-13H,3-6H2,1-2H3,(H2,11,14);1-2H,(H,5,6)(H,7,8). The molecule has 10 heteroatoms. The molecule has 0 radical (unpaired) electrons. The Balaban J connectivity index is 0. The Hall–Kier alpha value is -2.46. The topological polar surface area (TPSA) is 176 Å². The van der Waals surface area contributed by atoms with E-state index in [1.54, 1.807) is 0 Å². The van der Waals surface area contributed by atoms with Crippen molar-refractivity contribution in [1.29, 1.82) is 0 Å². The Morgan fingerprint density at radius 3 is 2.00 bits per heavy atom. The predicted molar refractivity (Wildman–Crippen MR) is 82.9 cm³/mol. The van der Waals surface area contributed by atoms with E-state index in [0.717, 1.165) is 0 Å². The zero-order chi connectivity index (χ0) is 19.1. The van der Waals surface area contributed by atoms with Crippen LogP contribution in [-0.2, 0) is 23.9 Å². The fraction of sp³-hybridized carbons (Fsp3) is 0.571. The van der Waals surface area contributed by atoms with Gasteiger partial charge in [0.15, 0.2) is 0 Å². The highest BCUT2D eigenvalue weighted by Gasteiger charge is 2.12. The highest BCUT2D eigenvalue weighted by Crippen LogP contribution is 1.98. The van der Waals surface area contributed by atoms with Crippen molar-refractivity contribution >= 4 is 23.8 Å². The summed E-state index contributed by atoms with van der Waals surface area (Å²) in [5, 5.41) is 27.6. The molecule has 0 aliphatic rings. The van der Waals surface area contributed by atoms with E-state index in [9.17, 15) is 24.3 Å². The number of amides is 1. The quantitative estimate of drug-likeness (QED) is 0.238. The van der Waals surface area contributed by atoms with E-state index in [-0.39, 0.29) is 25.4 Å². The van der Waals surface area contributed by atoms with E-state index in [1.807, 2.05) is 13.8 Å². The lowest BCUT2D eigenvalue weighted by Gasteiger charge is -2.11. The maximum absolute atomic E-state index is 11.2. The molecule has 1 amide bonds. The van der Waals surface area contributed by atoms with Crippen LogP contribution in [-0.4, -0.2) is 64.9 Å². The molecule has 10 nitrogen and oxygen atoms in total. The second-order valence-corrected chi connectivity index (χ2v) is 5.04. The predicted octanol–water partition coefficient (Wildman–Crippen LogP) is -1.28. The van der Waals surface area contributed by atoms with Gasteiger partial charge in [0, 0.05) is 18.7 Å². The van der Waals surface area contributed by atoms with E-state index >= 15 is 0 Å². The van der Waals surface area contributed by atoms with Gasteiger partial charge in [0.05, 0.1) is 25.7 Å². The van der Waals surface area contributed by atoms with Gasteiger partial charge < -0.3 is 31.1 Å². The number of hydrogen-bond donors (Lipinski definition) is 5. The first-order chi connectivity index (χ1) is 11.0. The average Bonchev–Trinajstić information content (AvgIpc) is 2.43. The summed E-state index contributed by atoms with van der Waals surface area (Å²) in [6.07, 6.45) is 0.169. The van der Waals surface area contributed by atoms with Crippen LogP contribution in [0.25, 0.3) is 0 Å². The molecule has 0 aliphatic carbocycles. The molecule has 138 valence electrons. The summed E-state index contributed by atoms with van der Waals surface area (Å²) in [4.78, 5) is 40.6. The molecule has 0 bridgehead atoms. The fourth-order valence-corrected chi connectivity index (χ4v) is 1.09. The number of carbonyl (C=O) groups excluding carboxylic acids is 2. The van der Waals surface area contributed by atoms with Crippen LogP contribution in [0.4, 0.5) is 0 Å². The number of ether oxygens (including phenoxy) is 1. The van der Waals surface area contributed by atoms with E-state index in [0.29, 0.717) is 18.8 Å². The first-order valence-corrected chi connectivity index (χ1v) is 7.01. The zero-order valence-electron chi connectivity index (χ0n) is 13.6. The Morgan fingerprint density at radius 1 is 1.12 bits per heavy atom. The van der Waals surface area contributed by atoms with Gasteiger partial charge >= 0.3 is 17.9 Å². The smallest absolute Gasteiger partial charge is 0.328 e. The summed E-state index contributed by atoms with van der Waals surface area (Å²) in [6, 6.07) is 0. The number of aliphatic hydroxyl groups excluding tert-OH is 1. The fourth-order valence-electron chi connectivity index (χ4n) is 1.09. The third-order valence-corrected chi connectivity index (χ3v) is 2.03. The third kappa shape index (κ3) is 21.8. The van der Waals surface area contributed by atoms with Crippen LogP contribution in [0.5, 0.6) is 0 Å². The van der Waals surface area contributed by atoms with Gasteiger partial charge in [0.25, 0.3) is 0 Å².